The maximum absolute atomic E-state index is 12.9. The first-order valence-corrected chi connectivity index (χ1v) is 12.9. The average Bonchev–Trinajstić information content (AvgIpc) is 3.44. The maximum Gasteiger partial charge on any atom is 0.252 e. The quantitative estimate of drug-likeness (QED) is 0.368. The molecule has 35 heavy (non-hydrogen) atoms. The highest BCUT2D eigenvalue weighted by molar-refractivity contribution is 9.10. The summed E-state index contributed by atoms with van der Waals surface area (Å²) in [6, 6.07) is 9.87. The van der Waals surface area contributed by atoms with E-state index in [0.717, 1.165) is 4.47 Å². The first-order valence-electron chi connectivity index (χ1n) is 10.7. The van der Waals surface area contributed by atoms with Gasteiger partial charge in [0.05, 0.1) is 16.8 Å². The molecule has 1 atom stereocenters. The second kappa shape index (κ2) is 10.9. The molecule has 12 heteroatoms. The Kier molecular flexibility index (Phi) is 7.88. The predicted molar refractivity (Wildman–Crippen MR) is 137 cm³/mol. The summed E-state index contributed by atoms with van der Waals surface area (Å²) < 4.78 is 13.2. The number of hydrogen-bond donors (Lipinski definition) is 2. The van der Waals surface area contributed by atoms with Crippen LogP contribution in [0.25, 0.3) is 0 Å². The van der Waals surface area contributed by atoms with Crippen molar-refractivity contribution in [1.82, 2.24) is 20.1 Å². The summed E-state index contributed by atoms with van der Waals surface area (Å²) in [5.74, 6) is 1.47. The van der Waals surface area contributed by atoms with Gasteiger partial charge in [-0.3, -0.25) is 9.59 Å². The van der Waals surface area contributed by atoms with E-state index in [4.69, 9.17) is 21.1 Å². The molecule has 0 saturated heterocycles. The van der Waals surface area contributed by atoms with Gasteiger partial charge in [0.15, 0.2) is 22.5 Å². The average molecular weight is 581 g/mol. The summed E-state index contributed by atoms with van der Waals surface area (Å²) in [6.45, 7) is 4.12. The molecule has 2 aromatic carbocycles. The number of thioether (sulfide) groups is 1. The molecule has 0 saturated carbocycles. The largest absolute Gasteiger partial charge is 0.454 e. The van der Waals surface area contributed by atoms with Gasteiger partial charge in [-0.1, -0.05) is 37.2 Å². The fourth-order valence-electron chi connectivity index (χ4n) is 3.42. The Bertz CT molecular complexity index is 1270. The van der Waals surface area contributed by atoms with Crippen LogP contribution in [0, 0.1) is 5.92 Å². The third kappa shape index (κ3) is 5.91. The molecule has 9 nitrogen and oxygen atoms in total. The molecule has 2 N–H and O–H groups in total. The number of fused-ring (bicyclic) bond motifs is 1. The zero-order valence-electron chi connectivity index (χ0n) is 19.2. The molecule has 184 valence electrons. The fraction of sp³-hybridized carbons (Fsp3) is 0.304. The lowest BCUT2D eigenvalue weighted by Crippen LogP contribution is -2.33. The zero-order valence-corrected chi connectivity index (χ0v) is 22.3. The maximum atomic E-state index is 12.9. The van der Waals surface area contributed by atoms with Crippen LogP contribution in [0.5, 0.6) is 11.5 Å². The number of halogens is 2. The van der Waals surface area contributed by atoms with Gasteiger partial charge in [0, 0.05) is 22.8 Å². The van der Waals surface area contributed by atoms with Crippen LogP contribution >= 0.6 is 39.3 Å². The SMILES string of the molecule is CC(C)C(NC(=O)c1ccc2c(c1)OCO2)c1nnc(SCC(=O)Nc2ccc(Br)c(Cl)c2)n1C. The number of anilines is 1. The van der Waals surface area contributed by atoms with Crippen molar-refractivity contribution < 1.29 is 19.1 Å². The number of nitrogens with zero attached hydrogens (tertiary/aromatic N) is 3. The Balaban J connectivity index is 1.41. The fourth-order valence-corrected chi connectivity index (χ4v) is 4.56. The van der Waals surface area contributed by atoms with Crippen LogP contribution in [0.3, 0.4) is 0 Å². The molecular weight excluding hydrogens is 558 g/mol. The van der Waals surface area contributed by atoms with Crippen LogP contribution in [0.15, 0.2) is 46.0 Å². The number of ether oxygens (including phenoxy) is 2. The second-order valence-corrected chi connectivity index (χ2v) is 10.3. The Hall–Kier alpha value is -2.76. The summed E-state index contributed by atoms with van der Waals surface area (Å²) in [5, 5.41) is 15.5. The molecule has 1 aliphatic rings. The van der Waals surface area contributed by atoms with Gasteiger partial charge in [0.1, 0.15) is 0 Å². The first kappa shape index (κ1) is 25.3. The van der Waals surface area contributed by atoms with Crippen LogP contribution in [0.1, 0.15) is 36.1 Å². The van der Waals surface area contributed by atoms with Crippen molar-refractivity contribution in [2.75, 3.05) is 17.9 Å². The molecule has 0 radical (unpaired) electrons. The van der Waals surface area contributed by atoms with Crippen LogP contribution in [-0.2, 0) is 11.8 Å². The Morgan fingerprint density at radius 2 is 1.94 bits per heavy atom. The van der Waals surface area contributed by atoms with Crippen molar-refractivity contribution in [3.63, 3.8) is 0 Å². The number of hydrogen-bond acceptors (Lipinski definition) is 7. The lowest BCUT2D eigenvalue weighted by molar-refractivity contribution is -0.113. The van der Waals surface area contributed by atoms with Crippen molar-refractivity contribution >= 4 is 56.8 Å². The van der Waals surface area contributed by atoms with Crippen molar-refractivity contribution in [2.45, 2.75) is 25.0 Å². The number of amides is 2. The van der Waals surface area contributed by atoms with E-state index in [-0.39, 0.29) is 30.3 Å². The van der Waals surface area contributed by atoms with E-state index in [1.807, 2.05) is 20.9 Å². The van der Waals surface area contributed by atoms with Crippen molar-refractivity contribution in [3.8, 4) is 11.5 Å². The third-order valence-electron chi connectivity index (χ3n) is 5.27. The first-order chi connectivity index (χ1) is 16.7. The monoisotopic (exact) mass is 579 g/mol. The minimum absolute atomic E-state index is 0.0409. The molecule has 2 amide bonds. The van der Waals surface area contributed by atoms with E-state index in [1.165, 1.54) is 11.8 Å². The third-order valence-corrected chi connectivity index (χ3v) is 7.52. The lowest BCUT2D eigenvalue weighted by atomic mass is 10.0. The van der Waals surface area contributed by atoms with Crippen molar-refractivity contribution in [3.05, 3.63) is 57.3 Å². The Labute approximate surface area is 220 Å². The van der Waals surface area contributed by atoms with Gasteiger partial charge in [-0.25, -0.2) is 0 Å². The summed E-state index contributed by atoms with van der Waals surface area (Å²) >= 11 is 10.7. The van der Waals surface area contributed by atoms with E-state index < -0.39 is 6.04 Å². The van der Waals surface area contributed by atoms with Gasteiger partial charge in [-0.05, 0) is 58.2 Å². The lowest BCUT2D eigenvalue weighted by Gasteiger charge is -2.21. The highest BCUT2D eigenvalue weighted by Crippen LogP contribution is 2.33. The van der Waals surface area contributed by atoms with Gasteiger partial charge in [-0.2, -0.15) is 0 Å². The smallest absolute Gasteiger partial charge is 0.252 e. The number of carbonyl (C=O) groups excluding carboxylic acids is 2. The van der Waals surface area contributed by atoms with E-state index in [2.05, 4.69) is 36.8 Å². The van der Waals surface area contributed by atoms with Gasteiger partial charge in [0.25, 0.3) is 5.91 Å². The predicted octanol–water partition coefficient (Wildman–Crippen LogP) is 4.82. The second-order valence-electron chi connectivity index (χ2n) is 8.13. The minimum Gasteiger partial charge on any atom is -0.454 e. The summed E-state index contributed by atoms with van der Waals surface area (Å²) in [4.78, 5) is 25.4. The number of benzene rings is 2. The number of carbonyl (C=O) groups is 2. The molecule has 1 aliphatic heterocycles. The standard InChI is InChI=1S/C23H23BrClN5O4S/c1-12(2)20(27-22(32)13-4-7-17-18(8-13)34-11-33-17)21-28-29-23(30(21)3)35-10-19(31)26-14-5-6-15(24)16(25)9-14/h4-9,12,20H,10-11H2,1-3H3,(H,26,31)(H,27,32). The highest BCUT2D eigenvalue weighted by Gasteiger charge is 2.26. The van der Waals surface area contributed by atoms with Crippen molar-refractivity contribution in [1.29, 1.82) is 0 Å². The van der Waals surface area contributed by atoms with E-state index in [9.17, 15) is 9.59 Å². The summed E-state index contributed by atoms with van der Waals surface area (Å²) in [6.07, 6.45) is 0. The number of rotatable bonds is 8. The molecule has 1 unspecified atom stereocenters. The molecule has 0 fully saturated rings. The zero-order chi connectivity index (χ0) is 25.1. The van der Waals surface area contributed by atoms with E-state index >= 15 is 0 Å². The van der Waals surface area contributed by atoms with E-state index in [0.29, 0.717) is 38.8 Å². The molecule has 0 aliphatic carbocycles. The topological polar surface area (TPSA) is 107 Å². The van der Waals surface area contributed by atoms with Crippen LogP contribution in [0.4, 0.5) is 5.69 Å². The molecule has 1 aromatic heterocycles. The highest BCUT2D eigenvalue weighted by atomic mass is 79.9. The minimum atomic E-state index is -0.390. The Morgan fingerprint density at radius 1 is 1.17 bits per heavy atom. The molecule has 0 spiro atoms. The summed E-state index contributed by atoms with van der Waals surface area (Å²) in [5.41, 5.74) is 1.06. The van der Waals surface area contributed by atoms with Crippen LogP contribution in [-0.4, -0.2) is 39.1 Å². The van der Waals surface area contributed by atoms with Crippen molar-refractivity contribution in [2.24, 2.45) is 13.0 Å². The van der Waals surface area contributed by atoms with Gasteiger partial charge in [-0.15, -0.1) is 10.2 Å². The summed E-state index contributed by atoms with van der Waals surface area (Å²) in [7, 11) is 1.81. The molecule has 4 rings (SSSR count). The van der Waals surface area contributed by atoms with Crippen LogP contribution < -0.4 is 20.1 Å². The van der Waals surface area contributed by atoms with Gasteiger partial charge < -0.3 is 24.7 Å². The molecular formula is C23H23BrClN5O4S. The number of nitrogens with one attached hydrogen (secondary N) is 2. The van der Waals surface area contributed by atoms with Gasteiger partial charge in [0.2, 0.25) is 12.7 Å². The number of aromatic nitrogens is 3. The normalized spacial score (nSPS) is 13.1. The molecule has 2 heterocycles. The van der Waals surface area contributed by atoms with E-state index in [1.54, 1.807) is 41.0 Å². The van der Waals surface area contributed by atoms with Gasteiger partial charge >= 0.3 is 0 Å². The van der Waals surface area contributed by atoms with Crippen LogP contribution in [0.2, 0.25) is 5.02 Å². The molecule has 3 aromatic rings. The molecule has 0 bridgehead atoms. The Morgan fingerprint density at radius 3 is 2.69 bits per heavy atom.